The summed E-state index contributed by atoms with van der Waals surface area (Å²) in [5.74, 6) is 0.742. The first kappa shape index (κ1) is 19.4. The van der Waals surface area contributed by atoms with Crippen LogP contribution < -0.4 is 4.90 Å². The number of halogens is 1. The molecule has 1 unspecified atom stereocenters. The minimum Gasteiger partial charge on any atom is -0.503 e. The highest BCUT2D eigenvalue weighted by molar-refractivity contribution is 8.04. The summed E-state index contributed by atoms with van der Waals surface area (Å²) in [6.07, 6.45) is 3.06. The molecule has 150 valence electrons. The smallest absolute Gasteiger partial charge is 0.342 e. The summed E-state index contributed by atoms with van der Waals surface area (Å²) in [7, 11) is 2.82. The van der Waals surface area contributed by atoms with E-state index < -0.39 is 5.97 Å². The maximum atomic E-state index is 12.2. The van der Waals surface area contributed by atoms with Gasteiger partial charge in [-0.25, -0.2) is 9.80 Å². The highest BCUT2D eigenvalue weighted by Crippen LogP contribution is 2.46. The van der Waals surface area contributed by atoms with Gasteiger partial charge in [0.2, 0.25) is 0 Å². The number of fused-ring (bicyclic) bond motifs is 1. The molecular formula is C19H17ClN4O4S. The Morgan fingerprint density at radius 1 is 1.31 bits per heavy atom. The van der Waals surface area contributed by atoms with Crippen molar-refractivity contribution in [2.24, 2.45) is 5.10 Å². The molecule has 0 fully saturated rings. The maximum Gasteiger partial charge on any atom is 0.342 e. The summed E-state index contributed by atoms with van der Waals surface area (Å²) in [5, 5.41) is 11.1. The van der Waals surface area contributed by atoms with Crippen LogP contribution in [0.4, 0.5) is 5.82 Å². The maximum absolute atomic E-state index is 12.2. The van der Waals surface area contributed by atoms with E-state index >= 15 is 0 Å². The fourth-order valence-corrected chi connectivity index (χ4v) is 4.44. The molecule has 10 heteroatoms. The van der Waals surface area contributed by atoms with Crippen LogP contribution in [0.5, 0.6) is 0 Å². The van der Waals surface area contributed by atoms with Crippen LogP contribution in [-0.4, -0.2) is 42.2 Å². The molecule has 0 saturated heterocycles. The van der Waals surface area contributed by atoms with Gasteiger partial charge in [-0.1, -0.05) is 28.5 Å². The van der Waals surface area contributed by atoms with Crippen LogP contribution in [0.15, 0.2) is 62.4 Å². The second-order valence-electron chi connectivity index (χ2n) is 6.16. The first-order chi connectivity index (χ1) is 14.0. The fourth-order valence-electron chi connectivity index (χ4n) is 2.99. The molecule has 8 nitrogen and oxygen atoms in total. The molecule has 1 atom stereocenters. The highest BCUT2D eigenvalue weighted by atomic mass is 35.5. The third kappa shape index (κ3) is 3.47. The number of benzene rings is 1. The number of nitrogens with zero attached hydrogens (tertiary/aromatic N) is 4. The third-order valence-electron chi connectivity index (χ3n) is 4.42. The first-order valence-electron chi connectivity index (χ1n) is 8.57. The predicted octanol–water partition coefficient (Wildman–Crippen LogP) is 4.03. The number of carbonyl (C=O) groups excluding carboxylic acids is 1. The van der Waals surface area contributed by atoms with Crippen molar-refractivity contribution < 1.29 is 18.8 Å². The fraction of sp³-hybridized carbons (Fsp3) is 0.211. The Bertz CT molecular complexity index is 1030. The van der Waals surface area contributed by atoms with Gasteiger partial charge in [-0.15, -0.1) is 0 Å². The molecule has 3 heterocycles. The Kier molecular flexibility index (Phi) is 5.25. The van der Waals surface area contributed by atoms with Crippen LogP contribution in [-0.2, 0) is 14.3 Å². The second-order valence-corrected chi connectivity index (χ2v) is 7.66. The standard InChI is InChI=1S/C19H17ClN4O4S/c1-11-17(14(9-26-2)18(25)27-3)29-19-23(10-21-24(11)19)16-8-15(28-22-16)12-4-6-13(20)7-5-12/h4-10,19H,1-3H3/b14-9-. The van der Waals surface area contributed by atoms with Gasteiger partial charge in [-0.3, -0.25) is 4.90 Å². The van der Waals surface area contributed by atoms with Crippen LogP contribution >= 0.6 is 23.4 Å². The zero-order valence-electron chi connectivity index (χ0n) is 15.8. The van der Waals surface area contributed by atoms with Crippen LogP contribution in [0.3, 0.4) is 0 Å². The van der Waals surface area contributed by atoms with Gasteiger partial charge in [-0.05, 0) is 31.2 Å². The van der Waals surface area contributed by atoms with Crippen LogP contribution in [0, 0.1) is 0 Å². The molecule has 4 rings (SSSR count). The number of esters is 1. The SMILES string of the molecule is CO/C=C(\C(=O)OC)C1=C(C)N2N=CN(c3cc(-c4ccc(Cl)cc4)on3)C2S1. The molecule has 2 aromatic rings. The van der Waals surface area contributed by atoms with Gasteiger partial charge in [0.25, 0.3) is 0 Å². The lowest BCUT2D eigenvalue weighted by Gasteiger charge is -2.21. The summed E-state index contributed by atoms with van der Waals surface area (Å²) >= 11 is 7.40. The lowest BCUT2D eigenvalue weighted by molar-refractivity contribution is -0.135. The van der Waals surface area contributed by atoms with Crippen LogP contribution in [0.25, 0.3) is 11.3 Å². The number of rotatable bonds is 5. The Labute approximate surface area is 176 Å². The van der Waals surface area contributed by atoms with Gasteiger partial charge in [0.05, 0.1) is 26.2 Å². The molecule has 2 aliphatic heterocycles. The monoisotopic (exact) mass is 432 g/mol. The van der Waals surface area contributed by atoms with Gasteiger partial charge in [0, 0.05) is 21.6 Å². The van der Waals surface area contributed by atoms with Crippen molar-refractivity contribution >= 4 is 41.5 Å². The quantitative estimate of drug-likeness (QED) is 0.398. The molecule has 0 saturated carbocycles. The van der Waals surface area contributed by atoms with Crippen molar-refractivity contribution in [1.29, 1.82) is 0 Å². The number of carbonyl (C=O) groups is 1. The number of hydrogen-bond donors (Lipinski definition) is 0. The third-order valence-corrected chi connectivity index (χ3v) is 6.06. The molecule has 0 spiro atoms. The number of hydrogen-bond acceptors (Lipinski definition) is 9. The average molecular weight is 433 g/mol. The second kappa shape index (κ2) is 7.84. The van der Waals surface area contributed by atoms with E-state index in [-0.39, 0.29) is 5.50 Å². The molecule has 0 radical (unpaired) electrons. The molecule has 2 aliphatic rings. The number of ether oxygens (including phenoxy) is 2. The lowest BCUT2D eigenvalue weighted by atomic mass is 10.2. The van der Waals surface area contributed by atoms with E-state index in [1.165, 1.54) is 32.2 Å². The minimum atomic E-state index is -0.475. The van der Waals surface area contributed by atoms with Crippen molar-refractivity contribution in [3.05, 3.63) is 57.8 Å². The van der Waals surface area contributed by atoms with Gasteiger partial charge < -0.3 is 14.0 Å². The minimum absolute atomic E-state index is 0.238. The van der Waals surface area contributed by atoms with Crippen molar-refractivity contribution in [3.8, 4) is 11.3 Å². The van der Waals surface area contributed by atoms with Crippen molar-refractivity contribution in [1.82, 2.24) is 10.2 Å². The summed E-state index contributed by atoms with van der Waals surface area (Å²) in [6.45, 7) is 1.89. The van der Waals surface area contributed by atoms with Crippen molar-refractivity contribution in [2.75, 3.05) is 19.1 Å². The topological polar surface area (TPSA) is 80.4 Å². The highest BCUT2D eigenvalue weighted by Gasteiger charge is 2.41. The number of allylic oxidation sites excluding steroid dienone is 1. The van der Waals surface area contributed by atoms with Crippen molar-refractivity contribution in [3.63, 3.8) is 0 Å². The molecule has 29 heavy (non-hydrogen) atoms. The Hall–Kier alpha value is -2.91. The van der Waals surface area contributed by atoms with Gasteiger partial charge in [0.15, 0.2) is 17.1 Å². The predicted molar refractivity (Wildman–Crippen MR) is 111 cm³/mol. The average Bonchev–Trinajstić information content (AvgIpc) is 3.43. The summed E-state index contributed by atoms with van der Waals surface area (Å²) < 4.78 is 15.4. The zero-order chi connectivity index (χ0) is 20.5. The van der Waals surface area contributed by atoms with Crippen LogP contribution in [0.1, 0.15) is 6.92 Å². The largest absolute Gasteiger partial charge is 0.503 e. The van der Waals surface area contributed by atoms with E-state index in [1.807, 2.05) is 35.0 Å². The number of anilines is 1. The number of thioether (sulfide) groups is 1. The molecular weight excluding hydrogens is 416 g/mol. The van der Waals surface area contributed by atoms with E-state index in [9.17, 15) is 4.79 Å². The van der Waals surface area contributed by atoms with Gasteiger partial charge in [0.1, 0.15) is 11.9 Å². The lowest BCUT2D eigenvalue weighted by Crippen LogP contribution is -2.33. The normalized spacial score (nSPS) is 18.5. The first-order valence-corrected chi connectivity index (χ1v) is 9.82. The molecule has 1 aromatic heterocycles. The van der Waals surface area contributed by atoms with Crippen molar-refractivity contribution in [2.45, 2.75) is 12.4 Å². The van der Waals surface area contributed by atoms with Gasteiger partial charge >= 0.3 is 5.97 Å². The molecule has 0 N–H and O–H groups in total. The Morgan fingerprint density at radius 2 is 2.07 bits per heavy atom. The number of hydrazone groups is 1. The molecule has 0 amide bonds. The van der Waals surface area contributed by atoms with Crippen LogP contribution in [0.2, 0.25) is 5.02 Å². The Morgan fingerprint density at radius 3 is 2.76 bits per heavy atom. The molecule has 1 aromatic carbocycles. The molecule has 0 aliphatic carbocycles. The summed E-state index contributed by atoms with van der Waals surface area (Å²) in [4.78, 5) is 14.8. The van der Waals surface area contributed by atoms with E-state index in [0.29, 0.717) is 22.2 Å². The number of methoxy groups -OCH3 is 2. The zero-order valence-corrected chi connectivity index (χ0v) is 17.4. The van der Waals surface area contributed by atoms with E-state index in [0.717, 1.165) is 16.2 Å². The van der Waals surface area contributed by atoms with E-state index in [4.69, 9.17) is 25.6 Å². The summed E-state index contributed by atoms with van der Waals surface area (Å²) in [5.41, 5.74) is 1.78. The summed E-state index contributed by atoms with van der Waals surface area (Å²) in [6, 6.07) is 9.15. The van der Waals surface area contributed by atoms with E-state index in [1.54, 1.807) is 18.5 Å². The molecule has 0 bridgehead atoms. The van der Waals surface area contributed by atoms with Gasteiger partial charge in [-0.2, -0.15) is 5.10 Å². The Balaban J connectivity index is 1.58. The number of aromatic nitrogens is 1. The van der Waals surface area contributed by atoms with E-state index in [2.05, 4.69) is 10.3 Å².